The van der Waals surface area contributed by atoms with Crippen LogP contribution in [0, 0.1) is 5.82 Å². The average Bonchev–Trinajstić information content (AvgIpc) is 2.85. The molecule has 0 unspecified atom stereocenters. The summed E-state index contributed by atoms with van der Waals surface area (Å²) in [7, 11) is 0. The van der Waals surface area contributed by atoms with Gasteiger partial charge in [-0.2, -0.15) is 0 Å². The Morgan fingerprint density at radius 3 is 2.95 bits per heavy atom. The molecule has 0 spiro atoms. The SMILES string of the molecule is O=C(Cc1cccc(F)c1)c1cc(Br)cc2c1OCC2. The van der Waals surface area contributed by atoms with Crippen molar-refractivity contribution >= 4 is 21.7 Å². The van der Waals surface area contributed by atoms with E-state index in [2.05, 4.69) is 15.9 Å². The minimum Gasteiger partial charge on any atom is -0.492 e. The van der Waals surface area contributed by atoms with Gasteiger partial charge in [0.2, 0.25) is 0 Å². The highest BCUT2D eigenvalue weighted by Crippen LogP contribution is 2.33. The minimum atomic E-state index is -0.328. The second kappa shape index (κ2) is 5.37. The van der Waals surface area contributed by atoms with Gasteiger partial charge in [-0.1, -0.05) is 28.1 Å². The van der Waals surface area contributed by atoms with Crippen molar-refractivity contribution < 1.29 is 13.9 Å². The smallest absolute Gasteiger partial charge is 0.171 e. The van der Waals surface area contributed by atoms with E-state index in [-0.39, 0.29) is 18.0 Å². The fourth-order valence-corrected chi connectivity index (χ4v) is 2.91. The van der Waals surface area contributed by atoms with E-state index in [1.54, 1.807) is 18.2 Å². The van der Waals surface area contributed by atoms with Crippen molar-refractivity contribution in [2.24, 2.45) is 0 Å². The van der Waals surface area contributed by atoms with Crippen molar-refractivity contribution in [3.8, 4) is 5.75 Å². The molecule has 20 heavy (non-hydrogen) atoms. The lowest BCUT2D eigenvalue weighted by Gasteiger charge is -2.08. The van der Waals surface area contributed by atoms with Crippen LogP contribution < -0.4 is 4.74 Å². The maximum atomic E-state index is 13.2. The van der Waals surface area contributed by atoms with Crippen LogP contribution in [0.15, 0.2) is 40.9 Å². The molecule has 2 nitrogen and oxygen atoms in total. The van der Waals surface area contributed by atoms with Crippen molar-refractivity contribution in [2.45, 2.75) is 12.8 Å². The Morgan fingerprint density at radius 1 is 1.30 bits per heavy atom. The lowest BCUT2D eigenvalue weighted by molar-refractivity contribution is 0.0990. The molecular formula is C16H12BrFO2. The molecule has 2 aromatic rings. The molecule has 0 aliphatic carbocycles. The fraction of sp³-hybridized carbons (Fsp3) is 0.188. The molecule has 0 radical (unpaired) electrons. The molecule has 1 aliphatic heterocycles. The van der Waals surface area contributed by atoms with Gasteiger partial charge in [0.25, 0.3) is 0 Å². The van der Waals surface area contributed by atoms with Gasteiger partial charge in [-0.25, -0.2) is 4.39 Å². The Morgan fingerprint density at radius 2 is 2.15 bits per heavy atom. The maximum absolute atomic E-state index is 13.2. The Bertz CT molecular complexity index is 682. The monoisotopic (exact) mass is 334 g/mol. The lowest BCUT2D eigenvalue weighted by Crippen LogP contribution is -2.06. The number of hydrogen-bond acceptors (Lipinski definition) is 2. The Labute approximate surface area is 124 Å². The molecule has 1 heterocycles. The second-order valence-corrected chi connectivity index (χ2v) is 5.69. The summed E-state index contributed by atoms with van der Waals surface area (Å²) < 4.78 is 19.6. The number of hydrogen-bond donors (Lipinski definition) is 0. The van der Waals surface area contributed by atoms with Crippen molar-refractivity contribution in [1.29, 1.82) is 0 Å². The third-order valence-electron chi connectivity index (χ3n) is 3.30. The zero-order valence-electron chi connectivity index (χ0n) is 10.7. The minimum absolute atomic E-state index is 0.0601. The zero-order chi connectivity index (χ0) is 14.1. The number of carbonyl (C=O) groups excluding carboxylic acids is 1. The molecule has 0 bridgehead atoms. The number of ether oxygens (including phenoxy) is 1. The highest BCUT2D eigenvalue weighted by atomic mass is 79.9. The van der Waals surface area contributed by atoms with Crippen LogP contribution in [-0.2, 0) is 12.8 Å². The van der Waals surface area contributed by atoms with E-state index in [0.717, 1.165) is 16.5 Å². The largest absolute Gasteiger partial charge is 0.492 e. The molecule has 0 fully saturated rings. The summed E-state index contributed by atoms with van der Waals surface area (Å²) in [5, 5.41) is 0. The van der Waals surface area contributed by atoms with Crippen LogP contribution in [0.4, 0.5) is 4.39 Å². The van der Waals surface area contributed by atoms with Crippen LogP contribution in [0.1, 0.15) is 21.5 Å². The standard InChI is InChI=1S/C16H12BrFO2/c17-12-8-11-4-5-20-16(11)14(9-12)15(19)7-10-2-1-3-13(18)6-10/h1-3,6,8-9H,4-5,7H2. The Kier molecular flexibility index (Phi) is 3.57. The van der Waals surface area contributed by atoms with Crippen LogP contribution in [0.5, 0.6) is 5.75 Å². The molecule has 3 rings (SSSR count). The van der Waals surface area contributed by atoms with E-state index < -0.39 is 0 Å². The number of ketones is 1. The van der Waals surface area contributed by atoms with Gasteiger partial charge in [-0.05, 0) is 35.4 Å². The predicted octanol–water partition coefficient (Wildman–Crippen LogP) is 3.95. The third kappa shape index (κ3) is 2.61. The van der Waals surface area contributed by atoms with Crippen molar-refractivity contribution in [3.63, 3.8) is 0 Å². The predicted molar refractivity (Wildman–Crippen MR) is 77.8 cm³/mol. The van der Waals surface area contributed by atoms with Crippen LogP contribution in [0.2, 0.25) is 0 Å². The first-order chi connectivity index (χ1) is 9.63. The second-order valence-electron chi connectivity index (χ2n) is 4.77. The van der Waals surface area contributed by atoms with E-state index in [0.29, 0.717) is 23.5 Å². The van der Waals surface area contributed by atoms with Gasteiger partial charge in [0.1, 0.15) is 11.6 Å². The molecule has 4 heteroatoms. The van der Waals surface area contributed by atoms with Gasteiger partial charge in [-0.3, -0.25) is 4.79 Å². The Balaban J connectivity index is 1.92. The fourth-order valence-electron chi connectivity index (χ4n) is 2.40. The van der Waals surface area contributed by atoms with Crippen molar-refractivity contribution in [2.75, 3.05) is 6.61 Å². The van der Waals surface area contributed by atoms with Crippen LogP contribution >= 0.6 is 15.9 Å². The summed E-state index contributed by atoms with van der Waals surface area (Å²) in [6.45, 7) is 0.603. The van der Waals surface area contributed by atoms with Crippen molar-refractivity contribution in [3.05, 3.63) is 63.4 Å². The summed E-state index contributed by atoms with van der Waals surface area (Å²) in [6, 6.07) is 9.86. The first kappa shape index (κ1) is 13.3. The lowest BCUT2D eigenvalue weighted by atomic mass is 10.00. The van der Waals surface area contributed by atoms with Crippen molar-refractivity contribution in [1.82, 2.24) is 0 Å². The van der Waals surface area contributed by atoms with E-state index in [9.17, 15) is 9.18 Å². The number of Topliss-reactive ketones (excluding diaryl/α,β-unsaturated/α-hetero) is 1. The first-order valence-electron chi connectivity index (χ1n) is 6.36. The topological polar surface area (TPSA) is 26.3 Å². The number of fused-ring (bicyclic) bond motifs is 1. The molecule has 2 aromatic carbocycles. The summed E-state index contributed by atoms with van der Waals surface area (Å²) in [4.78, 5) is 12.4. The molecule has 0 amide bonds. The highest BCUT2D eigenvalue weighted by Gasteiger charge is 2.21. The van der Waals surface area contributed by atoms with Gasteiger partial charge < -0.3 is 4.74 Å². The zero-order valence-corrected chi connectivity index (χ0v) is 12.2. The van der Waals surface area contributed by atoms with E-state index in [4.69, 9.17) is 4.74 Å². The molecule has 0 saturated carbocycles. The first-order valence-corrected chi connectivity index (χ1v) is 7.15. The number of carbonyl (C=O) groups is 1. The highest BCUT2D eigenvalue weighted by molar-refractivity contribution is 9.10. The van der Waals surface area contributed by atoms with Gasteiger partial charge >= 0.3 is 0 Å². The summed E-state index contributed by atoms with van der Waals surface area (Å²) >= 11 is 3.41. The number of rotatable bonds is 3. The molecule has 0 N–H and O–H groups in total. The van der Waals surface area contributed by atoms with E-state index >= 15 is 0 Å². The third-order valence-corrected chi connectivity index (χ3v) is 3.76. The van der Waals surface area contributed by atoms with Gasteiger partial charge in [-0.15, -0.1) is 0 Å². The molecule has 0 aromatic heterocycles. The van der Waals surface area contributed by atoms with Gasteiger partial charge in [0.05, 0.1) is 12.2 Å². The summed E-state index contributed by atoms with van der Waals surface area (Å²) in [5.74, 6) is 0.288. The van der Waals surface area contributed by atoms with Crippen LogP contribution in [0.3, 0.4) is 0 Å². The summed E-state index contributed by atoms with van der Waals surface area (Å²) in [6.07, 6.45) is 0.985. The maximum Gasteiger partial charge on any atom is 0.171 e. The molecule has 102 valence electrons. The quantitative estimate of drug-likeness (QED) is 0.794. The number of benzene rings is 2. The van der Waals surface area contributed by atoms with Gasteiger partial charge in [0.15, 0.2) is 5.78 Å². The molecule has 0 atom stereocenters. The van der Waals surface area contributed by atoms with Gasteiger partial charge in [0, 0.05) is 17.3 Å². The number of halogens is 2. The van der Waals surface area contributed by atoms with Crippen LogP contribution in [-0.4, -0.2) is 12.4 Å². The Hall–Kier alpha value is -1.68. The summed E-state index contributed by atoms with van der Waals surface area (Å²) in [5.41, 5.74) is 2.28. The van der Waals surface area contributed by atoms with E-state index in [1.807, 2.05) is 6.07 Å². The normalized spacial score (nSPS) is 12.9. The van der Waals surface area contributed by atoms with E-state index in [1.165, 1.54) is 12.1 Å². The molecule has 0 saturated heterocycles. The molecular weight excluding hydrogens is 323 g/mol. The van der Waals surface area contributed by atoms with Crippen LogP contribution in [0.25, 0.3) is 0 Å². The average molecular weight is 335 g/mol. The molecule has 1 aliphatic rings.